The molecule has 0 fully saturated rings. The number of rotatable bonds is 3. The van der Waals surface area contributed by atoms with Crippen molar-refractivity contribution < 1.29 is 13.2 Å². The molecule has 29 heavy (non-hydrogen) atoms. The summed E-state index contributed by atoms with van der Waals surface area (Å²) in [6.45, 7) is 3.73. The first-order chi connectivity index (χ1) is 13.8. The maximum absolute atomic E-state index is 13.2. The Labute approximate surface area is 167 Å². The number of aryl methyl sites for hydroxylation is 2. The van der Waals surface area contributed by atoms with Crippen LogP contribution in [0.15, 0.2) is 82.5 Å². The van der Waals surface area contributed by atoms with Crippen LogP contribution < -0.4 is 5.69 Å². The Morgan fingerprint density at radius 2 is 1.28 bits per heavy atom. The number of carbonyl (C=O) groups excluding carboxylic acids is 1. The number of imidazole rings is 1. The number of hydrogen-bond acceptors (Lipinski definition) is 4. The molecule has 146 valence electrons. The summed E-state index contributed by atoms with van der Waals surface area (Å²) in [5.41, 5.74) is 1.63. The number of benzene rings is 3. The van der Waals surface area contributed by atoms with Crippen LogP contribution in [0.2, 0.25) is 0 Å². The van der Waals surface area contributed by atoms with Gasteiger partial charge >= 0.3 is 5.69 Å². The molecule has 0 aliphatic heterocycles. The lowest BCUT2D eigenvalue weighted by Gasteiger charge is -2.06. The zero-order chi connectivity index (χ0) is 20.8. The second-order valence-electron chi connectivity index (χ2n) is 6.86. The molecule has 1 aromatic heterocycles. The van der Waals surface area contributed by atoms with E-state index >= 15 is 0 Å². The van der Waals surface area contributed by atoms with Gasteiger partial charge in [-0.1, -0.05) is 47.5 Å². The van der Waals surface area contributed by atoms with Crippen molar-refractivity contribution in [1.29, 1.82) is 0 Å². The molecule has 3 aromatic carbocycles. The summed E-state index contributed by atoms with van der Waals surface area (Å²) in [5, 5.41) is 0. The standard InChI is InChI=1S/C22H18N2O4S/c1-15-7-11-17(12-8-15)21(25)23-19-5-3-4-6-20(19)24(22(23)26)29(27,28)18-13-9-16(2)10-14-18/h3-14H,1-2H3. The number of para-hydroxylation sites is 2. The average Bonchev–Trinajstić information content (AvgIpc) is 3.00. The maximum Gasteiger partial charge on any atom is 0.350 e. The van der Waals surface area contributed by atoms with Crippen molar-refractivity contribution in [2.24, 2.45) is 0 Å². The van der Waals surface area contributed by atoms with E-state index in [4.69, 9.17) is 0 Å². The van der Waals surface area contributed by atoms with Crippen molar-refractivity contribution in [2.75, 3.05) is 0 Å². The summed E-state index contributed by atoms with van der Waals surface area (Å²) < 4.78 is 28.1. The van der Waals surface area contributed by atoms with Gasteiger partial charge in [0.25, 0.3) is 15.9 Å². The Hall–Kier alpha value is -3.45. The van der Waals surface area contributed by atoms with Gasteiger partial charge in [-0.25, -0.2) is 17.8 Å². The van der Waals surface area contributed by atoms with E-state index in [0.29, 0.717) is 9.54 Å². The molecule has 0 atom stereocenters. The summed E-state index contributed by atoms with van der Waals surface area (Å²) in [7, 11) is -4.18. The predicted molar refractivity (Wildman–Crippen MR) is 111 cm³/mol. The van der Waals surface area contributed by atoms with E-state index in [2.05, 4.69) is 0 Å². The van der Waals surface area contributed by atoms with Gasteiger partial charge in [0, 0.05) is 5.56 Å². The zero-order valence-electron chi connectivity index (χ0n) is 15.9. The molecular formula is C22H18N2O4S. The lowest BCUT2D eigenvalue weighted by molar-refractivity contribution is 0.0961. The van der Waals surface area contributed by atoms with Gasteiger partial charge in [0.2, 0.25) is 0 Å². The number of aromatic nitrogens is 2. The molecule has 0 saturated carbocycles. The first-order valence-corrected chi connectivity index (χ1v) is 10.4. The minimum Gasteiger partial charge on any atom is -0.268 e. The maximum atomic E-state index is 13.2. The summed E-state index contributed by atoms with van der Waals surface area (Å²) in [4.78, 5) is 26.2. The summed E-state index contributed by atoms with van der Waals surface area (Å²) in [6.07, 6.45) is 0. The van der Waals surface area contributed by atoms with Gasteiger partial charge in [0.1, 0.15) is 0 Å². The highest BCUT2D eigenvalue weighted by Crippen LogP contribution is 2.21. The fraction of sp³-hybridized carbons (Fsp3) is 0.0909. The van der Waals surface area contributed by atoms with Crippen LogP contribution in [0.1, 0.15) is 21.5 Å². The molecule has 0 N–H and O–H groups in total. The Bertz CT molecular complexity index is 1390. The third-order valence-corrected chi connectivity index (χ3v) is 6.47. The SMILES string of the molecule is Cc1ccc(C(=O)n2c(=O)n(S(=O)(=O)c3ccc(C)cc3)c3ccccc32)cc1. The van der Waals surface area contributed by atoms with Crippen LogP contribution in [-0.4, -0.2) is 22.9 Å². The summed E-state index contributed by atoms with van der Waals surface area (Å²) in [5.74, 6) is -0.580. The highest BCUT2D eigenvalue weighted by atomic mass is 32.2. The molecule has 0 unspecified atom stereocenters. The Morgan fingerprint density at radius 3 is 1.86 bits per heavy atom. The van der Waals surface area contributed by atoms with Crippen molar-refractivity contribution in [3.8, 4) is 0 Å². The van der Waals surface area contributed by atoms with Gasteiger partial charge in [-0.2, -0.15) is 3.97 Å². The molecule has 1 heterocycles. The molecular weight excluding hydrogens is 388 g/mol. The molecule has 6 nitrogen and oxygen atoms in total. The highest BCUT2D eigenvalue weighted by molar-refractivity contribution is 7.90. The van der Waals surface area contributed by atoms with E-state index in [-0.39, 0.29) is 15.9 Å². The van der Waals surface area contributed by atoms with Gasteiger partial charge in [-0.3, -0.25) is 4.79 Å². The normalized spacial score (nSPS) is 11.7. The zero-order valence-corrected chi connectivity index (χ0v) is 16.7. The second-order valence-corrected chi connectivity index (χ2v) is 8.65. The Morgan fingerprint density at radius 1 is 0.759 bits per heavy atom. The molecule has 4 aromatic rings. The van der Waals surface area contributed by atoms with Gasteiger partial charge in [0.15, 0.2) is 0 Å². The molecule has 0 spiro atoms. The topological polar surface area (TPSA) is 78.1 Å². The number of carbonyl (C=O) groups is 1. The minimum atomic E-state index is -4.18. The number of fused-ring (bicyclic) bond motifs is 1. The third-order valence-electron chi connectivity index (χ3n) is 4.77. The van der Waals surface area contributed by atoms with Crippen LogP contribution in [0.25, 0.3) is 11.0 Å². The second kappa shape index (κ2) is 6.86. The molecule has 0 radical (unpaired) electrons. The van der Waals surface area contributed by atoms with Crippen molar-refractivity contribution in [3.05, 3.63) is 100.0 Å². The average molecular weight is 406 g/mol. The van der Waals surface area contributed by atoms with Crippen LogP contribution in [0.4, 0.5) is 0 Å². The molecule has 0 aliphatic carbocycles. The van der Waals surface area contributed by atoms with Crippen LogP contribution >= 0.6 is 0 Å². The quantitative estimate of drug-likeness (QED) is 0.523. The van der Waals surface area contributed by atoms with Crippen LogP contribution in [0, 0.1) is 13.8 Å². The van der Waals surface area contributed by atoms with E-state index in [0.717, 1.165) is 15.7 Å². The molecule has 0 amide bonds. The van der Waals surface area contributed by atoms with Crippen molar-refractivity contribution >= 4 is 27.0 Å². The fourth-order valence-corrected chi connectivity index (χ4v) is 4.58. The first kappa shape index (κ1) is 18.9. The van der Waals surface area contributed by atoms with Crippen molar-refractivity contribution in [2.45, 2.75) is 18.7 Å². The molecule has 0 bridgehead atoms. The molecule has 0 saturated heterocycles. The van der Waals surface area contributed by atoms with Crippen molar-refractivity contribution in [1.82, 2.24) is 8.54 Å². The summed E-state index contributed by atoms with van der Waals surface area (Å²) in [6, 6.07) is 19.3. The van der Waals surface area contributed by atoms with Gasteiger partial charge in [-0.15, -0.1) is 0 Å². The van der Waals surface area contributed by atoms with E-state index in [1.54, 1.807) is 54.6 Å². The van der Waals surface area contributed by atoms with Crippen LogP contribution in [0.3, 0.4) is 0 Å². The third kappa shape index (κ3) is 3.09. The van der Waals surface area contributed by atoms with Crippen LogP contribution in [0.5, 0.6) is 0 Å². The summed E-state index contributed by atoms with van der Waals surface area (Å²) >= 11 is 0. The Kier molecular flexibility index (Phi) is 4.47. The van der Waals surface area contributed by atoms with Gasteiger partial charge in [-0.05, 0) is 50.2 Å². The molecule has 4 rings (SSSR count). The van der Waals surface area contributed by atoms with E-state index in [9.17, 15) is 18.0 Å². The van der Waals surface area contributed by atoms with Gasteiger partial charge < -0.3 is 0 Å². The largest absolute Gasteiger partial charge is 0.350 e. The smallest absolute Gasteiger partial charge is 0.268 e. The lowest BCUT2D eigenvalue weighted by atomic mass is 10.1. The van der Waals surface area contributed by atoms with Gasteiger partial charge in [0.05, 0.1) is 15.9 Å². The van der Waals surface area contributed by atoms with E-state index < -0.39 is 21.6 Å². The Balaban J connectivity index is 1.99. The molecule has 7 heteroatoms. The lowest BCUT2D eigenvalue weighted by Crippen LogP contribution is -2.33. The monoisotopic (exact) mass is 406 g/mol. The highest BCUT2D eigenvalue weighted by Gasteiger charge is 2.27. The van der Waals surface area contributed by atoms with E-state index in [1.165, 1.54) is 18.2 Å². The van der Waals surface area contributed by atoms with Crippen molar-refractivity contribution in [3.63, 3.8) is 0 Å². The minimum absolute atomic E-state index is 0.0177. The first-order valence-electron chi connectivity index (χ1n) is 8.97. The molecule has 0 aliphatic rings. The number of hydrogen-bond donors (Lipinski definition) is 0. The van der Waals surface area contributed by atoms with E-state index in [1.807, 2.05) is 13.8 Å². The number of nitrogens with zero attached hydrogens (tertiary/aromatic N) is 2. The van der Waals surface area contributed by atoms with Crippen LogP contribution in [-0.2, 0) is 10.0 Å². The fourth-order valence-electron chi connectivity index (χ4n) is 3.19. The predicted octanol–water partition coefficient (Wildman–Crippen LogP) is 3.35.